The van der Waals surface area contributed by atoms with Gasteiger partial charge >= 0.3 is 0 Å². The van der Waals surface area contributed by atoms with Crippen molar-refractivity contribution in [2.24, 2.45) is 5.92 Å². The molecule has 0 atom stereocenters. The van der Waals surface area contributed by atoms with Gasteiger partial charge in [0.15, 0.2) is 0 Å². The normalized spacial score (nSPS) is 17.3. The predicted octanol–water partition coefficient (Wildman–Crippen LogP) is 3.85. The number of hydrogen-bond donors (Lipinski definition) is 0. The van der Waals surface area contributed by atoms with Gasteiger partial charge < -0.3 is 9.47 Å². The number of rotatable bonds is 5. The van der Waals surface area contributed by atoms with Crippen LogP contribution in [-0.2, 0) is 17.8 Å². The summed E-state index contributed by atoms with van der Waals surface area (Å²) in [5, 5.41) is 0. The summed E-state index contributed by atoms with van der Waals surface area (Å²) >= 11 is 0. The van der Waals surface area contributed by atoms with E-state index >= 15 is 0 Å². The number of carbonyl (C=O) groups is 1. The van der Waals surface area contributed by atoms with E-state index in [2.05, 4.69) is 63.1 Å². The van der Waals surface area contributed by atoms with Crippen molar-refractivity contribution in [2.45, 2.75) is 25.8 Å². The van der Waals surface area contributed by atoms with E-state index < -0.39 is 0 Å². The van der Waals surface area contributed by atoms with E-state index in [4.69, 9.17) is 0 Å². The average molecular weight is 401 g/mol. The molecule has 1 fully saturated rings. The van der Waals surface area contributed by atoms with Crippen LogP contribution in [0, 0.1) is 5.92 Å². The Kier molecular flexibility index (Phi) is 5.37. The predicted molar refractivity (Wildman–Crippen MR) is 119 cm³/mol. The van der Waals surface area contributed by atoms with Crippen LogP contribution in [0.4, 0.5) is 5.69 Å². The molecule has 0 saturated carbocycles. The first kappa shape index (κ1) is 19.1. The van der Waals surface area contributed by atoms with E-state index in [-0.39, 0.29) is 5.91 Å². The number of benzene rings is 2. The molecule has 1 aromatic heterocycles. The minimum Gasteiger partial charge on any atom is -0.331 e. The van der Waals surface area contributed by atoms with Crippen molar-refractivity contribution in [2.75, 3.05) is 31.1 Å². The van der Waals surface area contributed by atoms with Gasteiger partial charge in [0.1, 0.15) is 5.82 Å². The maximum absolute atomic E-state index is 12.9. The zero-order valence-electron chi connectivity index (χ0n) is 17.3. The fourth-order valence-electron chi connectivity index (χ4n) is 4.78. The molecule has 5 nitrogen and oxygen atoms in total. The van der Waals surface area contributed by atoms with Crippen LogP contribution in [-0.4, -0.2) is 46.5 Å². The zero-order valence-corrected chi connectivity index (χ0v) is 17.3. The quantitative estimate of drug-likeness (QED) is 0.653. The monoisotopic (exact) mass is 400 g/mol. The third-order valence-electron chi connectivity index (χ3n) is 6.46. The fraction of sp³-hybridized carbons (Fsp3) is 0.360. The van der Waals surface area contributed by atoms with Gasteiger partial charge in [-0.05, 0) is 49.9 Å². The van der Waals surface area contributed by atoms with E-state index in [9.17, 15) is 4.79 Å². The molecule has 1 amide bonds. The number of piperidine rings is 1. The smallest absolute Gasteiger partial charge is 0.241 e. The van der Waals surface area contributed by atoms with Crippen molar-refractivity contribution < 1.29 is 4.79 Å². The number of amides is 1. The van der Waals surface area contributed by atoms with Crippen LogP contribution in [0.2, 0.25) is 0 Å². The molecule has 0 bridgehead atoms. The summed E-state index contributed by atoms with van der Waals surface area (Å²) in [6.45, 7) is 4.31. The van der Waals surface area contributed by atoms with Crippen LogP contribution in [0.1, 0.15) is 18.4 Å². The van der Waals surface area contributed by atoms with Crippen molar-refractivity contribution in [1.82, 2.24) is 14.5 Å². The number of aromatic nitrogens is 2. The number of carbonyl (C=O) groups excluding carboxylic acids is 1. The van der Waals surface area contributed by atoms with E-state index in [1.165, 1.54) is 5.56 Å². The van der Waals surface area contributed by atoms with Gasteiger partial charge in [-0.2, -0.15) is 0 Å². The van der Waals surface area contributed by atoms with Crippen molar-refractivity contribution >= 4 is 11.6 Å². The largest absolute Gasteiger partial charge is 0.331 e. The van der Waals surface area contributed by atoms with Crippen molar-refractivity contribution in [3.63, 3.8) is 0 Å². The third-order valence-corrected chi connectivity index (χ3v) is 6.46. The molecule has 5 heteroatoms. The lowest BCUT2D eigenvalue weighted by molar-refractivity contribution is -0.120. The minimum absolute atomic E-state index is 0.236. The highest BCUT2D eigenvalue weighted by Crippen LogP contribution is 2.28. The van der Waals surface area contributed by atoms with Crippen molar-refractivity contribution in [3.05, 3.63) is 72.6 Å². The molecule has 0 aliphatic carbocycles. The second-order valence-electron chi connectivity index (χ2n) is 8.41. The molecule has 1 saturated heterocycles. The highest BCUT2D eigenvalue weighted by molar-refractivity contribution is 5.96. The average Bonchev–Trinajstić information content (AvgIpc) is 3.43. The summed E-state index contributed by atoms with van der Waals surface area (Å²) < 4.78 is 2.28. The molecule has 0 N–H and O–H groups in total. The number of fused-ring (bicyclic) bond motifs is 1. The van der Waals surface area contributed by atoms with E-state index in [0.29, 0.717) is 12.5 Å². The number of hydrogen-bond acceptors (Lipinski definition) is 3. The summed E-state index contributed by atoms with van der Waals surface area (Å²) in [5.74, 6) is 1.90. The van der Waals surface area contributed by atoms with Gasteiger partial charge in [0.2, 0.25) is 5.91 Å². The molecule has 0 spiro atoms. The molecule has 0 unspecified atom stereocenters. The lowest BCUT2D eigenvalue weighted by Gasteiger charge is -2.33. The topological polar surface area (TPSA) is 41.4 Å². The van der Waals surface area contributed by atoms with Crippen LogP contribution < -0.4 is 4.90 Å². The number of para-hydroxylation sites is 1. The number of anilines is 1. The van der Waals surface area contributed by atoms with Gasteiger partial charge in [-0.3, -0.25) is 9.69 Å². The van der Waals surface area contributed by atoms with Gasteiger partial charge in [-0.25, -0.2) is 4.98 Å². The van der Waals surface area contributed by atoms with E-state index in [1.807, 2.05) is 23.2 Å². The maximum atomic E-state index is 12.9. The zero-order chi connectivity index (χ0) is 20.3. The maximum Gasteiger partial charge on any atom is 0.241 e. The molecule has 30 heavy (non-hydrogen) atoms. The van der Waals surface area contributed by atoms with Crippen LogP contribution in [0.3, 0.4) is 0 Å². The Balaban J connectivity index is 1.15. The molecule has 2 aliphatic rings. The van der Waals surface area contributed by atoms with Gasteiger partial charge in [0, 0.05) is 36.7 Å². The molecule has 0 radical (unpaired) electrons. The molecule has 2 aromatic carbocycles. The van der Waals surface area contributed by atoms with Gasteiger partial charge in [0.25, 0.3) is 0 Å². The van der Waals surface area contributed by atoms with Crippen LogP contribution in [0.25, 0.3) is 11.4 Å². The van der Waals surface area contributed by atoms with Crippen LogP contribution in [0.15, 0.2) is 67.0 Å². The molecular formula is C25H28N4O. The van der Waals surface area contributed by atoms with Gasteiger partial charge in [0.05, 0.1) is 6.54 Å². The second kappa shape index (κ2) is 8.44. The van der Waals surface area contributed by atoms with Crippen molar-refractivity contribution in [1.29, 1.82) is 0 Å². The Morgan fingerprint density at radius 1 is 0.967 bits per heavy atom. The first-order valence-electron chi connectivity index (χ1n) is 10.9. The highest BCUT2D eigenvalue weighted by Gasteiger charge is 2.27. The highest BCUT2D eigenvalue weighted by atomic mass is 16.2. The Bertz CT molecular complexity index is 1000. The fourth-order valence-corrected chi connectivity index (χ4v) is 4.78. The molecule has 3 aromatic rings. The molecular weight excluding hydrogens is 372 g/mol. The molecule has 2 aliphatic heterocycles. The summed E-state index contributed by atoms with van der Waals surface area (Å²) in [6.07, 6.45) is 7.19. The molecule has 3 heterocycles. The summed E-state index contributed by atoms with van der Waals surface area (Å²) in [4.78, 5) is 21.8. The summed E-state index contributed by atoms with van der Waals surface area (Å²) in [6, 6.07) is 18.7. The lowest BCUT2D eigenvalue weighted by atomic mass is 9.96. The second-order valence-corrected chi connectivity index (χ2v) is 8.41. The standard InChI is InChI=1S/C25H28N4O/c30-24(29-16-12-21-6-4-5-9-23(21)29)19-27-14-10-20(11-15-27)18-28-17-13-26-25(28)22-7-2-1-3-8-22/h1-9,13,17,20H,10-12,14-16,18-19H2. The van der Waals surface area contributed by atoms with E-state index in [0.717, 1.165) is 62.5 Å². The minimum atomic E-state index is 0.236. The van der Waals surface area contributed by atoms with Gasteiger partial charge in [-0.1, -0.05) is 48.5 Å². The van der Waals surface area contributed by atoms with E-state index in [1.54, 1.807) is 0 Å². The lowest BCUT2D eigenvalue weighted by Crippen LogP contribution is -2.43. The van der Waals surface area contributed by atoms with Crippen LogP contribution >= 0.6 is 0 Å². The summed E-state index contributed by atoms with van der Waals surface area (Å²) in [7, 11) is 0. The Morgan fingerprint density at radius 2 is 1.73 bits per heavy atom. The van der Waals surface area contributed by atoms with Crippen molar-refractivity contribution in [3.8, 4) is 11.4 Å². The Hall–Kier alpha value is -2.92. The molecule has 154 valence electrons. The Labute approximate surface area is 178 Å². The SMILES string of the molecule is O=C(CN1CCC(Cn2ccnc2-c2ccccc2)CC1)N1CCc2ccccc21. The third kappa shape index (κ3) is 3.90. The number of nitrogens with zero attached hydrogens (tertiary/aromatic N) is 4. The van der Waals surface area contributed by atoms with Gasteiger partial charge in [-0.15, -0.1) is 0 Å². The van der Waals surface area contributed by atoms with Crippen LogP contribution in [0.5, 0.6) is 0 Å². The first-order valence-corrected chi connectivity index (χ1v) is 10.9. The first-order chi connectivity index (χ1) is 14.8. The molecule has 5 rings (SSSR count). The summed E-state index contributed by atoms with van der Waals surface area (Å²) in [5.41, 5.74) is 3.56. The Morgan fingerprint density at radius 3 is 2.57 bits per heavy atom. The number of imidazole rings is 1. The number of likely N-dealkylation sites (tertiary alicyclic amines) is 1.